The molecule has 1 aromatic rings. The summed E-state index contributed by atoms with van der Waals surface area (Å²) in [6.45, 7) is 2.72. The van der Waals surface area contributed by atoms with Gasteiger partial charge in [0.1, 0.15) is 11.6 Å². The van der Waals surface area contributed by atoms with Crippen LogP contribution in [0.15, 0.2) is 18.2 Å². The molecule has 2 aliphatic heterocycles. The average Bonchev–Trinajstić information content (AvgIpc) is 2.55. The van der Waals surface area contributed by atoms with Crippen LogP contribution in [0.25, 0.3) is 0 Å². The maximum Gasteiger partial charge on any atom is 0.260 e. The molecule has 0 aromatic heterocycles. The van der Waals surface area contributed by atoms with E-state index in [1.807, 2.05) is 4.90 Å². The highest BCUT2D eigenvalue weighted by Crippen LogP contribution is 2.28. The second-order valence-corrected chi connectivity index (χ2v) is 6.32. The monoisotopic (exact) mass is 326 g/mol. The minimum atomic E-state index is -0.492. The van der Waals surface area contributed by atoms with Crippen LogP contribution >= 0.6 is 11.6 Å². The number of nitrogens with zero attached hydrogens (tertiary/aromatic N) is 1. The van der Waals surface area contributed by atoms with Gasteiger partial charge in [-0.15, -0.1) is 0 Å². The van der Waals surface area contributed by atoms with E-state index in [2.05, 4.69) is 5.32 Å². The van der Waals surface area contributed by atoms with E-state index in [4.69, 9.17) is 16.3 Å². The number of hydrogen-bond donors (Lipinski definition) is 1. The zero-order chi connectivity index (χ0) is 15.5. The third kappa shape index (κ3) is 3.36. The van der Waals surface area contributed by atoms with Crippen molar-refractivity contribution in [1.29, 1.82) is 0 Å². The number of benzene rings is 1. The quantitative estimate of drug-likeness (QED) is 0.927. The van der Waals surface area contributed by atoms with Gasteiger partial charge in [0.25, 0.3) is 5.91 Å². The van der Waals surface area contributed by atoms with E-state index in [1.54, 1.807) is 0 Å². The van der Waals surface area contributed by atoms with Crippen LogP contribution in [-0.2, 0) is 4.79 Å². The number of hydrogen-bond acceptors (Lipinski definition) is 3. The first-order chi connectivity index (χ1) is 10.6. The molecule has 2 aliphatic rings. The minimum Gasteiger partial charge on any atom is -0.484 e. The molecule has 2 atom stereocenters. The Morgan fingerprint density at radius 2 is 2.32 bits per heavy atom. The van der Waals surface area contributed by atoms with E-state index < -0.39 is 5.82 Å². The molecule has 22 heavy (non-hydrogen) atoms. The minimum absolute atomic E-state index is 0.00124. The van der Waals surface area contributed by atoms with Gasteiger partial charge in [-0.3, -0.25) is 4.79 Å². The van der Waals surface area contributed by atoms with Crippen molar-refractivity contribution in [1.82, 2.24) is 10.2 Å². The highest BCUT2D eigenvalue weighted by atomic mass is 35.5. The van der Waals surface area contributed by atoms with Crippen LogP contribution in [0.1, 0.15) is 19.3 Å². The molecule has 6 heteroatoms. The van der Waals surface area contributed by atoms with Gasteiger partial charge in [-0.2, -0.15) is 0 Å². The lowest BCUT2D eigenvalue weighted by Crippen LogP contribution is -2.55. The van der Waals surface area contributed by atoms with Gasteiger partial charge in [0.15, 0.2) is 6.61 Å². The van der Waals surface area contributed by atoms with Gasteiger partial charge in [-0.05, 0) is 50.4 Å². The Bertz CT molecular complexity index is 553. The third-order valence-corrected chi connectivity index (χ3v) is 4.81. The Morgan fingerprint density at radius 1 is 1.45 bits per heavy atom. The van der Waals surface area contributed by atoms with Crippen LogP contribution < -0.4 is 10.1 Å². The second-order valence-electron chi connectivity index (χ2n) is 5.91. The van der Waals surface area contributed by atoms with Crippen LogP contribution in [0.5, 0.6) is 5.75 Å². The maximum atomic E-state index is 13.1. The lowest BCUT2D eigenvalue weighted by atomic mass is 9.84. The molecule has 2 unspecified atom stereocenters. The number of carbonyl (C=O) groups is 1. The van der Waals surface area contributed by atoms with Crippen molar-refractivity contribution >= 4 is 17.5 Å². The van der Waals surface area contributed by atoms with Gasteiger partial charge < -0.3 is 15.0 Å². The molecule has 4 nitrogen and oxygen atoms in total. The number of amides is 1. The predicted molar refractivity (Wildman–Crippen MR) is 82.6 cm³/mol. The van der Waals surface area contributed by atoms with Crippen LogP contribution in [0.4, 0.5) is 4.39 Å². The molecule has 0 saturated carbocycles. The Labute approximate surface area is 134 Å². The number of carbonyl (C=O) groups excluding carboxylic acids is 1. The molecule has 2 fully saturated rings. The number of halogens is 2. The Hall–Kier alpha value is -1.33. The largest absolute Gasteiger partial charge is 0.484 e. The first kappa shape index (κ1) is 15.6. The summed E-state index contributed by atoms with van der Waals surface area (Å²) in [7, 11) is 0. The molecule has 2 heterocycles. The molecule has 1 N–H and O–H groups in total. The van der Waals surface area contributed by atoms with Gasteiger partial charge in [-0.25, -0.2) is 4.39 Å². The van der Waals surface area contributed by atoms with E-state index in [0.29, 0.717) is 17.7 Å². The molecule has 3 rings (SSSR count). The van der Waals surface area contributed by atoms with E-state index in [0.717, 1.165) is 32.5 Å². The maximum absolute atomic E-state index is 13.1. The molecule has 2 saturated heterocycles. The fourth-order valence-electron chi connectivity index (χ4n) is 3.41. The van der Waals surface area contributed by atoms with Crippen molar-refractivity contribution in [3.8, 4) is 5.75 Å². The van der Waals surface area contributed by atoms with Gasteiger partial charge in [0.05, 0.1) is 5.02 Å². The lowest BCUT2D eigenvalue weighted by molar-refractivity contribution is -0.139. The molecule has 0 aliphatic carbocycles. The van der Waals surface area contributed by atoms with Crippen LogP contribution in [0.3, 0.4) is 0 Å². The van der Waals surface area contributed by atoms with Gasteiger partial charge in [-0.1, -0.05) is 11.6 Å². The Kier molecular flexibility index (Phi) is 4.84. The van der Waals surface area contributed by atoms with Crippen LogP contribution in [0.2, 0.25) is 5.02 Å². The van der Waals surface area contributed by atoms with Crippen molar-refractivity contribution in [3.63, 3.8) is 0 Å². The molecule has 1 aromatic carbocycles. The average molecular weight is 327 g/mol. The van der Waals surface area contributed by atoms with Crippen LogP contribution in [-0.4, -0.2) is 43.1 Å². The van der Waals surface area contributed by atoms with Crippen LogP contribution in [0, 0.1) is 11.7 Å². The summed E-state index contributed by atoms with van der Waals surface area (Å²) in [6.07, 6.45) is 3.21. The summed E-state index contributed by atoms with van der Waals surface area (Å²) in [4.78, 5) is 14.4. The number of likely N-dealkylation sites (tertiary alicyclic amines) is 1. The molecule has 0 radical (unpaired) electrons. The Balaban J connectivity index is 1.59. The van der Waals surface area contributed by atoms with Crippen molar-refractivity contribution in [2.45, 2.75) is 25.3 Å². The number of fused-ring (bicyclic) bond motifs is 1. The molecule has 0 spiro atoms. The van der Waals surface area contributed by atoms with Gasteiger partial charge in [0.2, 0.25) is 0 Å². The number of ether oxygens (including phenoxy) is 1. The highest BCUT2D eigenvalue weighted by molar-refractivity contribution is 6.30. The molecule has 0 bridgehead atoms. The smallest absolute Gasteiger partial charge is 0.260 e. The van der Waals surface area contributed by atoms with Crippen molar-refractivity contribution in [2.24, 2.45) is 5.92 Å². The summed E-state index contributed by atoms with van der Waals surface area (Å²) in [6, 6.07) is 4.44. The molecule has 120 valence electrons. The van der Waals surface area contributed by atoms with Gasteiger partial charge >= 0.3 is 0 Å². The summed E-state index contributed by atoms with van der Waals surface area (Å²) >= 11 is 5.71. The number of piperidine rings is 2. The first-order valence-electron chi connectivity index (χ1n) is 7.73. The zero-order valence-electron chi connectivity index (χ0n) is 12.4. The fraction of sp³-hybridized carbons (Fsp3) is 0.562. The van der Waals surface area contributed by atoms with E-state index in [1.165, 1.54) is 24.6 Å². The van der Waals surface area contributed by atoms with E-state index in [-0.39, 0.29) is 17.5 Å². The first-order valence-corrected chi connectivity index (χ1v) is 8.11. The standard InChI is InChI=1S/C16H20ClFN2O2/c17-13-8-12(3-4-14(13)18)22-10-16(21)20-7-1-2-11-9-19-6-5-15(11)20/h3-4,8,11,15,19H,1-2,5-7,9-10H2. The van der Waals surface area contributed by atoms with Crippen molar-refractivity contribution < 1.29 is 13.9 Å². The molecular formula is C16H20ClFN2O2. The third-order valence-electron chi connectivity index (χ3n) is 4.52. The number of rotatable bonds is 3. The van der Waals surface area contributed by atoms with Crippen molar-refractivity contribution in [3.05, 3.63) is 29.0 Å². The summed E-state index contributed by atoms with van der Waals surface area (Å²) < 4.78 is 18.6. The van der Waals surface area contributed by atoms with E-state index >= 15 is 0 Å². The fourth-order valence-corrected chi connectivity index (χ4v) is 3.58. The van der Waals surface area contributed by atoms with Gasteiger partial charge in [0, 0.05) is 18.7 Å². The van der Waals surface area contributed by atoms with E-state index in [9.17, 15) is 9.18 Å². The molecular weight excluding hydrogens is 307 g/mol. The summed E-state index contributed by atoms with van der Waals surface area (Å²) in [5.41, 5.74) is 0. The van der Waals surface area contributed by atoms with Crippen molar-refractivity contribution in [2.75, 3.05) is 26.2 Å². The Morgan fingerprint density at radius 3 is 3.14 bits per heavy atom. The normalized spacial score (nSPS) is 24.7. The zero-order valence-corrected chi connectivity index (χ0v) is 13.1. The topological polar surface area (TPSA) is 41.6 Å². The highest BCUT2D eigenvalue weighted by Gasteiger charge is 2.35. The summed E-state index contributed by atoms with van der Waals surface area (Å²) in [5, 5.41) is 3.39. The summed E-state index contributed by atoms with van der Waals surface area (Å²) in [5.74, 6) is 0.469. The predicted octanol–water partition coefficient (Wildman–Crippen LogP) is 2.46. The lowest BCUT2D eigenvalue weighted by Gasteiger charge is -2.44. The number of nitrogens with one attached hydrogen (secondary N) is 1. The second kappa shape index (κ2) is 6.84. The molecule has 1 amide bonds. The SMILES string of the molecule is O=C(COc1ccc(F)c(Cl)c1)N1CCCC2CNCCC21.